The van der Waals surface area contributed by atoms with Crippen LogP contribution in [0.2, 0.25) is 5.02 Å². The highest BCUT2D eigenvalue weighted by atomic mass is 35.5. The molecule has 6 heteroatoms. The molecule has 0 saturated heterocycles. The third-order valence-electron chi connectivity index (χ3n) is 3.48. The van der Waals surface area contributed by atoms with E-state index in [1.165, 1.54) is 12.1 Å². The van der Waals surface area contributed by atoms with E-state index in [0.717, 1.165) is 6.42 Å². The van der Waals surface area contributed by atoms with Gasteiger partial charge in [0.15, 0.2) is 0 Å². The van der Waals surface area contributed by atoms with Crippen LogP contribution in [-0.4, -0.2) is 23.1 Å². The number of carbonyl (C=O) groups excluding carboxylic acids is 1. The number of aromatic carboxylic acids is 1. The molecule has 5 nitrogen and oxygen atoms in total. The van der Waals surface area contributed by atoms with Crippen LogP contribution in [0.25, 0.3) is 0 Å². The first kappa shape index (κ1) is 17.8. The van der Waals surface area contributed by atoms with E-state index in [9.17, 15) is 9.59 Å². The predicted octanol–water partition coefficient (Wildman–Crippen LogP) is 4.47. The van der Waals surface area contributed by atoms with E-state index in [-0.39, 0.29) is 22.6 Å². The summed E-state index contributed by atoms with van der Waals surface area (Å²) < 4.78 is 5.66. The molecule has 2 aromatic carbocycles. The number of hydrogen-bond donors (Lipinski definition) is 2. The summed E-state index contributed by atoms with van der Waals surface area (Å²) in [6.45, 7) is 4.01. The van der Waals surface area contributed by atoms with Crippen LogP contribution in [0, 0.1) is 0 Å². The van der Waals surface area contributed by atoms with E-state index in [2.05, 4.69) is 5.32 Å². The largest absolute Gasteiger partial charge is 0.491 e. The third kappa shape index (κ3) is 4.49. The number of carboxylic acids is 1. The molecule has 1 atom stereocenters. The van der Waals surface area contributed by atoms with Crippen LogP contribution < -0.4 is 10.1 Å². The minimum Gasteiger partial charge on any atom is -0.491 e. The second kappa shape index (κ2) is 7.84. The number of nitrogens with one attached hydrogen (secondary N) is 1. The molecule has 2 rings (SSSR count). The van der Waals surface area contributed by atoms with Gasteiger partial charge in [0, 0.05) is 11.3 Å². The Morgan fingerprint density at radius 2 is 1.88 bits per heavy atom. The number of anilines is 1. The van der Waals surface area contributed by atoms with Gasteiger partial charge in [0.2, 0.25) is 0 Å². The van der Waals surface area contributed by atoms with Gasteiger partial charge in [0.05, 0.1) is 16.7 Å². The van der Waals surface area contributed by atoms with Gasteiger partial charge in [-0.05, 0) is 55.8 Å². The second-order valence-corrected chi connectivity index (χ2v) is 5.72. The van der Waals surface area contributed by atoms with E-state index in [0.29, 0.717) is 17.0 Å². The molecule has 0 spiro atoms. The number of amides is 1. The Hall–Kier alpha value is -2.53. The molecule has 2 aromatic rings. The summed E-state index contributed by atoms with van der Waals surface area (Å²) in [6, 6.07) is 11.1. The van der Waals surface area contributed by atoms with Crippen molar-refractivity contribution in [3.63, 3.8) is 0 Å². The molecular formula is C18H18ClNO4. The lowest BCUT2D eigenvalue weighted by atomic mass is 10.1. The molecule has 2 N–H and O–H groups in total. The fraction of sp³-hybridized carbons (Fsp3) is 0.222. The van der Waals surface area contributed by atoms with Crippen molar-refractivity contribution in [3.05, 3.63) is 58.6 Å². The van der Waals surface area contributed by atoms with E-state index in [1.807, 2.05) is 13.8 Å². The number of benzene rings is 2. The van der Waals surface area contributed by atoms with Gasteiger partial charge in [-0.3, -0.25) is 4.79 Å². The summed E-state index contributed by atoms with van der Waals surface area (Å²) in [4.78, 5) is 23.3. The first-order valence-corrected chi connectivity index (χ1v) is 7.89. The van der Waals surface area contributed by atoms with Gasteiger partial charge in [-0.15, -0.1) is 0 Å². The van der Waals surface area contributed by atoms with Crippen LogP contribution in [0.5, 0.6) is 5.75 Å². The molecule has 0 aliphatic rings. The first-order valence-electron chi connectivity index (χ1n) is 7.51. The molecule has 0 aliphatic carbocycles. The Morgan fingerprint density at radius 3 is 2.46 bits per heavy atom. The number of halogens is 1. The highest BCUT2D eigenvalue weighted by molar-refractivity contribution is 6.33. The molecule has 1 amide bonds. The third-order valence-corrected chi connectivity index (χ3v) is 3.81. The van der Waals surface area contributed by atoms with Gasteiger partial charge < -0.3 is 15.2 Å². The van der Waals surface area contributed by atoms with E-state index in [1.54, 1.807) is 30.3 Å². The first-order chi connectivity index (χ1) is 11.4. The maximum Gasteiger partial charge on any atom is 0.337 e. The number of rotatable bonds is 6. The van der Waals surface area contributed by atoms with Gasteiger partial charge in [-0.25, -0.2) is 4.79 Å². The van der Waals surface area contributed by atoms with Crippen LogP contribution in [-0.2, 0) is 0 Å². The van der Waals surface area contributed by atoms with Crippen LogP contribution in [0.4, 0.5) is 5.69 Å². The molecule has 0 fully saturated rings. The Morgan fingerprint density at radius 1 is 1.21 bits per heavy atom. The maximum atomic E-state index is 12.2. The van der Waals surface area contributed by atoms with Crippen LogP contribution >= 0.6 is 11.6 Å². The monoisotopic (exact) mass is 347 g/mol. The fourth-order valence-corrected chi connectivity index (χ4v) is 2.17. The Kier molecular flexibility index (Phi) is 5.82. The minimum atomic E-state index is -1.15. The van der Waals surface area contributed by atoms with Gasteiger partial charge >= 0.3 is 5.97 Å². The van der Waals surface area contributed by atoms with Gasteiger partial charge in [0.1, 0.15) is 5.75 Å². The molecule has 0 heterocycles. The highest BCUT2D eigenvalue weighted by Crippen LogP contribution is 2.21. The lowest BCUT2D eigenvalue weighted by Gasteiger charge is -2.13. The summed E-state index contributed by atoms with van der Waals surface area (Å²) >= 11 is 5.81. The van der Waals surface area contributed by atoms with Crippen molar-refractivity contribution in [2.75, 3.05) is 5.32 Å². The summed E-state index contributed by atoms with van der Waals surface area (Å²) in [5, 5.41) is 11.8. The van der Waals surface area contributed by atoms with E-state index < -0.39 is 5.97 Å². The Labute approximate surface area is 145 Å². The standard InChI is InChI=1S/C18H18ClNO4/c1-3-11(2)24-14-7-4-12(5-8-14)17(21)20-13-6-9-16(19)15(10-13)18(22)23/h4-11H,3H2,1-2H3,(H,20,21)(H,22,23). The van der Waals surface area contributed by atoms with Crippen molar-refractivity contribution in [2.45, 2.75) is 26.4 Å². The Balaban J connectivity index is 2.10. The zero-order chi connectivity index (χ0) is 17.7. The average molecular weight is 348 g/mol. The van der Waals surface area contributed by atoms with E-state index in [4.69, 9.17) is 21.4 Å². The maximum absolute atomic E-state index is 12.2. The normalized spacial score (nSPS) is 11.6. The molecule has 24 heavy (non-hydrogen) atoms. The van der Waals surface area contributed by atoms with E-state index >= 15 is 0 Å². The molecular weight excluding hydrogens is 330 g/mol. The van der Waals surface area contributed by atoms with Crippen molar-refractivity contribution >= 4 is 29.2 Å². The topological polar surface area (TPSA) is 75.6 Å². The lowest BCUT2D eigenvalue weighted by Crippen LogP contribution is -2.13. The quantitative estimate of drug-likeness (QED) is 0.808. The molecule has 0 aromatic heterocycles. The molecule has 0 radical (unpaired) electrons. The molecule has 0 saturated carbocycles. The van der Waals surface area contributed by atoms with Crippen LogP contribution in [0.15, 0.2) is 42.5 Å². The summed E-state index contributed by atoms with van der Waals surface area (Å²) in [5.41, 5.74) is 0.742. The number of carboxylic acid groups (broad SMARTS) is 1. The highest BCUT2D eigenvalue weighted by Gasteiger charge is 2.12. The smallest absolute Gasteiger partial charge is 0.337 e. The van der Waals surface area contributed by atoms with Crippen molar-refractivity contribution < 1.29 is 19.4 Å². The number of hydrogen-bond acceptors (Lipinski definition) is 3. The second-order valence-electron chi connectivity index (χ2n) is 5.31. The zero-order valence-corrected chi connectivity index (χ0v) is 14.1. The van der Waals surface area contributed by atoms with Crippen molar-refractivity contribution in [1.82, 2.24) is 0 Å². The summed E-state index contributed by atoms with van der Waals surface area (Å²) in [6.07, 6.45) is 0.998. The minimum absolute atomic E-state index is 0.0632. The van der Waals surface area contributed by atoms with Crippen molar-refractivity contribution in [1.29, 1.82) is 0 Å². The van der Waals surface area contributed by atoms with Crippen molar-refractivity contribution in [3.8, 4) is 5.75 Å². The molecule has 1 unspecified atom stereocenters. The van der Waals surface area contributed by atoms with Gasteiger partial charge in [0.25, 0.3) is 5.91 Å². The number of carbonyl (C=O) groups is 2. The molecule has 126 valence electrons. The predicted molar refractivity (Wildman–Crippen MR) is 93.2 cm³/mol. The fourth-order valence-electron chi connectivity index (χ4n) is 1.97. The van der Waals surface area contributed by atoms with Gasteiger partial charge in [-0.2, -0.15) is 0 Å². The van der Waals surface area contributed by atoms with Gasteiger partial charge in [-0.1, -0.05) is 18.5 Å². The number of ether oxygens (including phenoxy) is 1. The molecule has 0 bridgehead atoms. The average Bonchev–Trinajstić information content (AvgIpc) is 2.56. The van der Waals surface area contributed by atoms with Crippen LogP contribution in [0.1, 0.15) is 41.0 Å². The van der Waals surface area contributed by atoms with Crippen LogP contribution in [0.3, 0.4) is 0 Å². The lowest BCUT2D eigenvalue weighted by molar-refractivity contribution is 0.0696. The summed E-state index contributed by atoms with van der Waals surface area (Å²) in [5.74, 6) is -0.799. The zero-order valence-electron chi connectivity index (χ0n) is 13.4. The van der Waals surface area contributed by atoms with Crippen molar-refractivity contribution in [2.24, 2.45) is 0 Å². The SMILES string of the molecule is CCC(C)Oc1ccc(C(=O)Nc2ccc(Cl)c(C(=O)O)c2)cc1. The Bertz CT molecular complexity index is 743. The molecule has 0 aliphatic heterocycles. The summed E-state index contributed by atoms with van der Waals surface area (Å²) in [7, 11) is 0.